The number of carbonyl (C=O) groups excluding carboxylic acids is 1. The van der Waals surface area contributed by atoms with Crippen LogP contribution in [-0.2, 0) is 11.3 Å². The second kappa shape index (κ2) is 8.06. The Morgan fingerprint density at radius 2 is 2.36 bits per heavy atom. The minimum atomic E-state index is -0.120. The fourth-order valence-electron chi connectivity index (χ4n) is 3.46. The Morgan fingerprint density at radius 1 is 1.52 bits per heavy atom. The van der Waals surface area contributed by atoms with Gasteiger partial charge in [0.15, 0.2) is 0 Å². The van der Waals surface area contributed by atoms with Crippen LogP contribution in [-0.4, -0.2) is 52.4 Å². The molecule has 0 bridgehead atoms. The number of nitrogens with zero attached hydrogens (tertiary/aromatic N) is 4. The number of amides is 1. The molecule has 0 spiro atoms. The molecule has 1 amide bonds. The maximum absolute atomic E-state index is 12.8. The molecular weight excluding hydrogens is 332 g/mol. The van der Waals surface area contributed by atoms with Crippen molar-refractivity contribution in [3.63, 3.8) is 0 Å². The van der Waals surface area contributed by atoms with E-state index in [4.69, 9.17) is 0 Å². The first-order valence-electron chi connectivity index (χ1n) is 8.80. The predicted molar refractivity (Wildman–Crippen MR) is 101 cm³/mol. The lowest BCUT2D eigenvalue weighted by Crippen LogP contribution is -2.34. The number of carbonyl (C=O) groups is 1. The van der Waals surface area contributed by atoms with Crippen molar-refractivity contribution in [1.82, 2.24) is 19.8 Å². The van der Waals surface area contributed by atoms with Gasteiger partial charge in [-0.3, -0.25) is 9.78 Å². The van der Waals surface area contributed by atoms with E-state index in [0.29, 0.717) is 5.92 Å². The van der Waals surface area contributed by atoms with Crippen LogP contribution in [0.25, 0.3) is 0 Å². The molecule has 0 radical (unpaired) electrons. The summed E-state index contributed by atoms with van der Waals surface area (Å²) < 4.78 is 0. The lowest BCUT2D eigenvalue weighted by molar-refractivity contribution is -0.131. The van der Waals surface area contributed by atoms with Crippen molar-refractivity contribution in [3.05, 3.63) is 46.2 Å². The third-order valence-corrected chi connectivity index (χ3v) is 5.90. The minimum Gasteiger partial charge on any atom is -0.342 e. The first-order valence-corrected chi connectivity index (χ1v) is 9.68. The number of aromatic nitrogens is 2. The van der Waals surface area contributed by atoms with Gasteiger partial charge in [0.25, 0.3) is 0 Å². The number of hydrogen-bond donors (Lipinski definition) is 0. The van der Waals surface area contributed by atoms with Crippen LogP contribution in [0, 0.1) is 12.8 Å². The lowest BCUT2D eigenvalue weighted by atomic mass is 10.0. The Balaban J connectivity index is 1.51. The van der Waals surface area contributed by atoms with Crippen LogP contribution < -0.4 is 0 Å². The zero-order valence-corrected chi connectivity index (χ0v) is 16.0. The van der Waals surface area contributed by atoms with Crippen LogP contribution in [0.1, 0.15) is 35.4 Å². The molecule has 0 saturated carbocycles. The zero-order chi connectivity index (χ0) is 17.8. The standard InChI is InChI=1S/C19H26N4OS/c1-14(17-5-4-7-20-9-17)19(24)23-8-6-16(11-23)10-22(3)12-18-15(2)21-13-25-18/h4-5,7,9,13-14,16H,6,8,10-12H2,1-3H3/t14-,16+/m0/s1. The summed E-state index contributed by atoms with van der Waals surface area (Å²) in [7, 11) is 2.15. The van der Waals surface area contributed by atoms with Crippen molar-refractivity contribution < 1.29 is 4.79 Å². The predicted octanol–water partition coefficient (Wildman–Crippen LogP) is 2.93. The van der Waals surface area contributed by atoms with Gasteiger partial charge in [-0.2, -0.15) is 0 Å². The van der Waals surface area contributed by atoms with Gasteiger partial charge in [0.1, 0.15) is 0 Å². The Bertz CT molecular complexity index is 702. The summed E-state index contributed by atoms with van der Waals surface area (Å²) in [6.45, 7) is 7.72. The lowest BCUT2D eigenvalue weighted by Gasteiger charge is -2.23. The average Bonchev–Trinajstić information content (AvgIpc) is 3.24. The van der Waals surface area contributed by atoms with E-state index >= 15 is 0 Å². The van der Waals surface area contributed by atoms with Crippen LogP contribution >= 0.6 is 11.3 Å². The fourth-order valence-corrected chi connectivity index (χ4v) is 4.32. The van der Waals surface area contributed by atoms with Crippen molar-refractivity contribution in [3.8, 4) is 0 Å². The molecule has 2 atom stereocenters. The van der Waals surface area contributed by atoms with Gasteiger partial charge in [0, 0.05) is 43.4 Å². The van der Waals surface area contributed by atoms with E-state index in [9.17, 15) is 4.79 Å². The number of aryl methyl sites for hydroxylation is 1. The Morgan fingerprint density at radius 3 is 3.04 bits per heavy atom. The molecule has 1 aliphatic rings. The zero-order valence-electron chi connectivity index (χ0n) is 15.2. The Labute approximate surface area is 153 Å². The normalized spacial score (nSPS) is 18.7. The molecule has 25 heavy (non-hydrogen) atoms. The molecule has 3 heterocycles. The number of hydrogen-bond acceptors (Lipinski definition) is 5. The summed E-state index contributed by atoms with van der Waals surface area (Å²) >= 11 is 1.72. The summed E-state index contributed by atoms with van der Waals surface area (Å²) in [4.78, 5) is 26.9. The molecule has 0 unspecified atom stereocenters. The number of pyridine rings is 1. The van der Waals surface area contributed by atoms with E-state index in [-0.39, 0.29) is 11.8 Å². The van der Waals surface area contributed by atoms with Crippen molar-refractivity contribution in [2.24, 2.45) is 5.92 Å². The third-order valence-electron chi connectivity index (χ3n) is 4.98. The number of likely N-dealkylation sites (tertiary alicyclic amines) is 1. The van der Waals surface area contributed by atoms with Gasteiger partial charge in [-0.25, -0.2) is 4.98 Å². The summed E-state index contributed by atoms with van der Waals surface area (Å²) in [5, 5.41) is 0. The van der Waals surface area contributed by atoms with E-state index in [1.165, 1.54) is 4.88 Å². The second-order valence-corrected chi connectivity index (χ2v) is 7.94. The van der Waals surface area contributed by atoms with Gasteiger partial charge in [0.2, 0.25) is 5.91 Å². The molecule has 2 aromatic rings. The SMILES string of the molecule is Cc1ncsc1CN(C)C[C@H]1CCN(C(=O)[C@@H](C)c2cccnc2)C1. The van der Waals surface area contributed by atoms with E-state index in [2.05, 4.69) is 28.8 Å². The van der Waals surface area contributed by atoms with E-state index in [1.807, 2.05) is 29.5 Å². The smallest absolute Gasteiger partial charge is 0.229 e. The molecule has 6 heteroatoms. The third kappa shape index (κ3) is 4.44. The number of thiazole rings is 1. The monoisotopic (exact) mass is 358 g/mol. The first kappa shape index (κ1) is 18.0. The Kier molecular flexibility index (Phi) is 5.81. The van der Waals surface area contributed by atoms with E-state index in [0.717, 1.165) is 43.9 Å². The molecule has 0 aliphatic carbocycles. The van der Waals surface area contributed by atoms with Crippen molar-refractivity contribution in [1.29, 1.82) is 0 Å². The average molecular weight is 359 g/mol. The first-order chi connectivity index (χ1) is 12.0. The molecule has 1 aliphatic heterocycles. The molecule has 134 valence electrons. The quantitative estimate of drug-likeness (QED) is 0.797. The Hall–Kier alpha value is -1.79. The summed E-state index contributed by atoms with van der Waals surface area (Å²) in [5.41, 5.74) is 4.04. The molecule has 0 aromatic carbocycles. The molecule has 5 nitrogen and oxygen atoms in total. The maximum Gasteiger partial charge on any atom is 0.229 e. The molecule has 2 aromatic heterocycles. The highest BCUT2D eigenvalue weighted by atomic mass is 32.1. The summed E-state index contributed by atoms with van der Waals surface area (Å²) in [5.74, 6) is 0.643. The van der Waals surface area contributed by atoms with Crippen LogP contribution in [0.15, 0.2) is 30.0 Å². The van der Waals surface area contributed by atoms with Gasteiger partial charge in [-0.1, -0.05) is 6.07 Å². The highest BCUT2D eigenvalue weighted by Crippen LogP contribution is 2.24. The number of rotatable bonds is 6. The van der Waals surface area contributed by atoms with Crippen molar-refractivity contribution >= 4 is 17.2 Å². The van der Waals surface area contributed by atoms with E-state index < -0.39 is 0 Å². The van der Waals surface area contributed by atoms with Gasteiger partial charge < -0.3 is 9.80 Å². The second-order valence-electron chi connectivity index (χ2n) is 7.00. The van der Waals surface area contributed by atoms with Crippen LogP contribution in [0.4, 0.5) is 0 Å². The van der Waals surface area contributed by atoms with Gasteiger partial charge in [-0.05, 0) is 44.9 Å². The molecule has 1 saturated heterocycles. The van der Waals surface area contributed by atoms with E-state index in [1.54, 1.807) is 23.7 Å². The summed E-state index contributed by atoms with van der Waals surface area (Å²) in [6, 6.07) is 3.87. The van der Waals surface area contributed by atoms with Crippen LogP contribution in [0.3, 0.4) is 0 Å². The fraction of sp³-hybridized carbons (Fsp3) is 0.526. The highest BCUT2D eigenvalue weighted by molar-refractivity contribution is 7.09. The molecule has 0 N–H and O–H groups in total. The molecular formula is C19H26N4OS. The highest BCUT2D eigenvalue weighted by Gasteiger charge is 2.30. The topological polar surface area (TPSA) is 49.3 Å². The van der Waals surface area contributed by atoms with Crippen molar-refractivity contribution in [2.75, 3.05) is 26.7 Å². The van der Waals surface area contributed by atoms with Crippen molar-refractivity contribution in [2.45, 2.75) is 32.7 Å². The maximum atomic E-state index is 12.8. The van der Waals surface area contributed by atoms with Gasteiger partial charge in [0.05, 0.1) is 17.1 Å². The summed E-state index contributed by atoms with van der Waals surface area (Å²) in [6.07, 6.45) is 4.62. The van der Waals surface area contributed by atoms with Crippen LogP contribution in [0.2, 0.25) is 0 Å². The van der Waals surface area contributed by atoms with Gasteiger partial charge >= 0.3 is 0 Å². The van der Waals surface area contributed by atoms with Gasteiger partial charge in [-0.15, -0.1) is 11.3 Å². The molecule has 1 fully saturated rings. The van der Waals surface area contributed by atoms with Crippen LogP contribution in [0.5, 0.6) is 0 Å². The minimum absolute atomic E-state index is 0.120. The molecule has 3 rings (SSSR count). The largest absolute Gasteiger partial charge is 0.342 e.